The summed E-state index contributed by atoms with van der Waals surface area (Å²) in [6.07, 6.45) is 0. The third-order valence-electron chi connectivity index (χ3n) is 5.79. The monoisotopic (exact) mass is 470 g/mol. The lowest BCUT2D eigenvalue weighted by atomic mass is 10.1. The predicted octanol–water partition coefficient (Wildman–Crippen LogP) is 3.62. The Balaban J connectivity index is 1.63. The molecule has 5 rings (SSSR count). The van der Waals surface area contributed by atoms with Gasteiger partial charge in [-0.1, -0.05) is 24.3 Å². The van der Waals surface area contributed by atoms with E-state index in [0.29, 0.717) is 50.7 Å². The van der Waals surface area contributed by atoms with Gasteiger partial charge in [0.2, 0.25) is 0 Å². The first-order chi connectivity index (χ1) is 17.0. The van der Waals surface area contributed by atoms with Crippen molar-refractivity contribution >= 4 is 22.3 Å². The average Bonchev–Trinajstić information content (AvgIpc) is 3.36. The Labute approximate surface area is 200 Å². The number of fused-ring (bicyclic) bond motifs is 3. The zero-order valence-electron chi connectivity index (χ0n) is 19.4. The van der Waals surface area contributed by atoms with Crippen LogP contribution in [-0.2, 0) is 6.54 Å². The third kappa shape index (κ3) is 3.86. The van der Waals surface area contributed by atoms with Crippen molar-refractivity contribution in [1.29, 1.82) is 0 Å². The molecule has 0 aliphatic rings. The number of rotatable bonds is 7. The molecule has 176 valence electrons. The SMILES string of the molecule is COc1cccc(-c2nc3c4ccccc4n(CC(=O)c4ccc(OC)c(OC)c4)c(=O)n3n2)c1. The minimum atomic E-state index is -0.464. The summed E-state index contributed by atoms with van der Waals surface area (Å²) in [5.41, 5.74) is 1.65. The van der Waals surface area contributed by atoms with Gasteiger partial charge in [0.15, 0.2) is 28.8 Å². The average molecular weight is 470 g/mol. The fourth-order valence-electron chi connectivity index (χ4n) is 4.02. The van der Waals surface area contributed by atoms with E-state index < -0.39 is 5.69 Å². The van der Waals surface area contributed by atoms with Crippen molar-refractivity contribution in [3.8, 4) is 28.6 Å². The molecule has 0 unspecified atom stereocenters. The smallest absolute Gasteiger partial charge is 0.351 e. The number of Topliss-reactive ketones (excluding diaryl/α,β-unsaturated/α-hetero) is 1. The first kappa shape index (κ1) is 22.1. The first-order valence-corrected chi connectivity index (χ1v) is 10.8. The molecule has 0 atom stereocenters. The molecule has 0 bridgehead atoms. The van der Waals surface area contributed by atoms with Crippen LogP contribution in [-0.4, -0.2) is 46.3 Å². The lowest BCUT2D eigenvalue weighted by molar-refractivity contribution is 0.0971. The number of ether oxygens (including phenoxy) is 3. The molecule has 35 heavy (non-hydrogen) atoms. The van der Waals surface area contributed by atoms with Crippen molar-refractivity contribution < 1.29 is 19.0 Å². The zero-order chi connectivity index (χ0) is 24.5. The summed E-state index contributed by atoms with van der Waals surface area (Å²) in [4.78, 5) is 31.3. The Morgan fingerprint density at radius 3 is 2.46 bits per heavy atom. The molecule has 3 aromatic carbocycles. The van der Waals surface area contributed by atoms with Gasteiger partial charge in [-0.2, -0.15) is 4.52 Å². The Hall–Kier alpha value is -4.66. The van der Waals surface area contributed by atoms with E-state index in [1.165, 1.54) is 23.3 Å². The number of hydrogen-bond acceptors (Lipinski definition) is 7. The number of methoxy groups -OCH3 is 3. The normalized spacial score (nSPS) is 11.1. The highest BCUT2D eigenvalue weighted by molar-refractivity contribution is 5.98. The van der Waals surface area contributed by atoms with Crippen LogP contribution in [0.2, 0.25) is 0 Å². The molecule has 0 saturated heterocycles. The summed E-state index contributed by atoms with van der Waals surface area (Å²) in [6.45, 7) is -0.181. The molecular formula is C26H22N4O5. The van der Waals surface area contributed by atoms with Gasteiger partial charge in [0.05, 0.1) is 33.4 Å². The maximum Gasteiger partial charge on any atom is 0.351 e. The van der Waals surface area contributed by atoms with Gasteiger partial charge in [0, 0.05) is 16.5 Å². The highest BCUT2D eigenvalue weighted by Gasteiger charge is 2.19. The van der Waals surface area contributed by atoms with Crippen molar-refractivity contribution in [1.82, 2.24) is 19.2 Å². The lowest BCUT2D eigenvalue weighted by Crippen LogP contribution is -2.30. The summed E-state index contributed by atoms with van der Waals surface area (Å²) in [6, 6.07) is 19.5. The fraction of sp³-hybridized carbons (Fsp3) is 0.154. The van der Waals surface area contributed by atoms with Crippen molar-refractivity contribution in [3.05, 3.63) is 82.8 Å². The van der Waals surface area contributed by atoms with Crippen molar-refractivity contribution in [3.63, 3.8) is 0 Å². The van der Waals surface area contributed by atoms with E-state index in [1.807, 2.05) is 36.4 Å². The van der Waals surface area contributed by atoms with E-state index in [-0.39, 0.29) is 12.3 Å². The number of carbonyl (C=O) groups is 1. The Morgan fingerprint density at radius 2 is 1.69 bits per heavy atom. The van der Waals surface area contributed by atoms with E-state index in [4.69, 9.17) is 14.2 Å². The van der Waals surface area contributed by atoms with Gasteiger partial charge in [-0.15, -0.1) is 5.10 Å². The molecular weight excluding hydrogens is 448 g/mol. The van der Waals surface area contributed by atoms with Crippen LogP contribution in [0.25, 0.3) is 27.9 Å². The molecule has 0 radical (unpaired) electrons. The van der Waals surface area contributed by atoms with Crippen LogP contribution < -0.4 is 19.9 Å². The van der Waals surface area contributed by atoms with Crippen molar-refractivity contribution in [2.75, 3.05) is 21.3 Å². The molecule has 5 aromatic rings. The number of nitrogens with zero attached hydrogens (tertiary/aromatic N) is 4. The van der Waals surface area contributed by atoms with Crippen LogP contribution in [0.1, 0.15) is 10.4 Å². The number of benzene rings is 3. The van der Waals surface area contributed by atoms with Crippen LogP contribution in [0.15, 0.2) is 71.5 Å². The number of carbonyl (C=O) groups excluding carboxylic acids is 1. The molecule has 0 amide bonds. The largest absolute Gasteiger partial charge is 0.497 e. The highest BCUT2D eigenvalue weighted by atomic mass is 16.5. The van der Waals surface area contributed by atoms with E-state index >= 15 is 0 Å². The summed E-state index contributed by atoms with van der Waals surface area (Å²) >= 11 is 0. The maximum absolute atomic E-state index is 13.5. The fourth-order valence-corrected chi connectivity index (χ4v) is 4.02. The summed E-state index contributed by atoms with van der Waals surface area (Å²) in [5, 5.41) is 5.17. The standard InChI is InChI=1S/C26H22N4O5/c1-33-18-8-6-7-17(13-18)24-27-25-19-9-4-5-10-20(19)29(26(32)30(25)28-24)15-21(31)16-11-12-22(34-2)23(14-16)35-3/h4-14H,15H2,1-3H3. The molecule has 0 aliphatic heterocycles. The predicted molar refractivity (Wildman–Crippen MR) is 131 cm³/mol. The van der Waals surface area contributed by atoms with E-state index in [9.17, 15) is 9.59 Å². The van der Waals surface area contributed by atoms with Crippen LogP contribution in [0.4, 0.5) is 0 Å². The summed E-state index contributed by atoms with van der Waals surface area (Å²) in [5.74, 6) is 1.73. The minimum Gasteiger partial charge on any atom is -0.497 e. The molecule has 0 aliphatic carbocycles. The number of aromatic nitrogens is 4. The van der Waals surface area contributed by atoms with Gasteiger partial charge in [-0.25, -0.2) is 9.78 Å². The van der Waals surface area contributed by atoms with Crippen LogP contribution in [0.3, 0.4) is 0 Å². The second-order valence-corrected chi connectivity index (χ2v) is 7.78. The van der Waals surface area contributed by atoms with E-state index in [1.54, 1.807) is 37.4 Å². The number of ketones is 1. The van der Waals surface area contributed by atoms with Crippen LogP contribution in [0.5, 0.6) is 17.2 Å². The molecule has 0 saturated carbocycles. The van der Waals surface area contributed by atoms with Crippen molar-refractivity contribution in [2.45, 2.75) is 6.54 Å². The molecule has 0 fully saturated rings. The van der Waals surface area contributed by atoms with Gasteiger partial charge in [0.25, 0.3) is 0 Å². The van der Waals surface area contributed by atoms with Gasteiger partial charge in [0.1, 0.15) is 5.75 Å². The van der Waals surface area contributed by atoms with Crippen LogP contribution in [0, 0.1) is 0 Å². The van der Waals surface area contributed by atoms with Gasteiger partial charge in [-0.3, -0.25) is 9.36 Å². The number of hydrogen-bond donors (Lipinski definition) is 0. The molecule has 0 N–H and O–H groups in total. The van der Waals surface area contributed by atoms with E-state index in [2.05, 4.69) is 10.1 Å². The van der Waals surface area contributed by atoms with Gasteiger partial charge >= 0.3 is 5.69 Å². The first-order valence-electron chi connectivity index (χ1n) is 10.8. The second kappa shape index (κ2) is 8.94. The summed E-state index contributed by atoms with van der Waals surface area (Å²) in [7, 11) is 4.61. The van der Waals surface area contributed by atoms with Gasteiger partial charge in [-0.05, 0) is 42.5 Å². The topological polar surface area (TPSA) is 97.0 Å². The Morgan fingerprint density at radius 1 is 0.886 bits per heavy atom. The minimum absolute atomic E-state index is 0.181. The number of para-hydroxylation sites is 1. The Kier molecular flexibility index (Phi) is 5.66. The molecule has 2 heterocycles. The highest BCUT2D eigenvalue weighted by Crippen LogP contribution is 2.28. The molecule has 2 aromatic heterocycles. The molecule has 9 heteroatoms. The Bertz CT molecular complexity index is 1640. The second-order valence-electron chi connectivity index (χ2n) is 7.78. The molecule has 0 spiro atoms. The molecule has 9 nitrogen and oxygen atoms in total. The summed E-state index contributed by atoms with van der Waals surface area (Å²) < 4.78 is 18.5. The van der Waals surface area contributed by atoms with E-state index in [0.717, 1.165) is 0 Å². The third-order valence-corrected chi connectivity index (χ3v) is 5.79. The lowest BCUT2D eigenvalue weighted by Gasteiger charge is -2.12. The zero-order valence-corrected chi connectivity index (χ0v) is 19.4. The quantitative estimate of drug-likeness (QED) is 0.335. The van der Waals surface area contributed by atoms with Crippen molar-refractivity contribution in [2.24, 2.45) is 0 Å². The van der Waals surface area contributed by atoms with Crippen LogP contribution >= 0.6 is 0 Å². The maximum atomic E-state index is 13.5. The van der Waals surface area contributed by atoms with Gasteiger partial charge < -0.3 is 14.2 Å².